The van der Waals surface area contributed by atoms with Crippen LogP contribution in [0.3, 0.4) is 0 Å². The number of allylic oxidation sites excluding steroid dienone is 4. The molecule has 1 unspecified atom stereocenters. The predicted octanol–water partition coefficient (Wildman–Crippen LogP) is 3.90. The molecule has 29 heavy (non-hydrogen) atoms. The number of benzene rings is 1. The number of rotatable bonds is 5. The number of aliphatic hydroxyl groups is 1. The standard InChI is InChI=1S/C22H26N4O3/c1-5-7-17(19(27)6-2)20-24-18-12-14(3)8-9-16(18)21(25-20)26-11-10-15(13-26)23-22(28)29-4/h5-9,12,15,27H,1,10-11,13H2,2-4H3,(H,23,28)/b17-7+,19-6+. The summed E-state index contributed by atoms with van der Waals surface area (Å²) in [4.78, 5) is 23.2. The van der Waals surface area contributed by atoms with Gasteiger partial charge in [0.05, 0.1) is 24.2 Å². The molecule has 1 aromatic carbocycles. The van der Waals surface area contributed by atoms with Gasteiger partial charge in [0.2, 0.25) is 0 Å². The molecule has 1 aromatic heterocycles. The van der Waals surface area contributed by atoms with Crippen molar-refractivity contribution in [3.63, 3.8) is 0 Å². The second-order valence-electron chi connectivity index (χ2n) is 6.95. The number of carbonyl (C=O) groups is 1. The molecule has 1 atom stereocenters. The number of aromatic nitrogens is 2. The van der Waals surface area contributed by atoms with Crippen molar-refractivity contribution in [2.75, 3.05) is 25.1 Å². The fourth-order valence-corrected chi connectivity index (χ4v) is 3.43. The normalized spacial score (nSPS) is 17.5. The Kier molecular flexibility index (Phi) is 6.16. The summed E-state index contributed by atoms with van der Waals surface area (Å²) in [5, 5.41) is 14.1. The molecule has 1 saturated heterocycles. The van der Waals surface area contributed by atoms with Gasteiger partial charge in [-0.25, -0.2) is 14.8 Å². The number of amides is 1. The highest BCUT2D eigenvalue weighted by Crippen LogP contribution is 2.30. The van der Waals surface area contributed by atoms with E-state index in [4.69, 9.17) is 14.7 Å². The summed E-state index contributed by atoms with van der Waals surface area (Å²) in [5.41, 5.74) is 2.40. The summed E-state index contributed by atoms with van der Waals surface area (Å²) in [5.74, 6) is 1.30. The van der Waals surface area contributed by atoms with E-state index in [-0.39, 0.29) is 11.8 Å². The van der Waals surface area contributed by atoms with Crippen molar-refractivity contribution in [3.8, 4) is 0 Å². The summed E-state index contributed by atoms with van der Waals surface area (Å²) in [6.45, 7) is 8.85. The van der Waals surface area contributed by atoms with Crippen LogP contribution in [0.15, 0.2) is 48.8 Å². The minimum atomic E-state index is -0.435. The highest BCUT2D eigenvalue weighted by atomic mass is 16.5. The lowest BCUT2D eigenvalue weighted by Crippen LogP contribution is -2.37. The number of hydrogen-bond acceptors (Lipinski definition) is 6. The van der Waals surface area contributed by atoms with Crippen molar-refractivity contribution in [1.82, 2.24) is 15.3 Å². The smallest absolute Gasteiger partial charge is 0.407 e. The van der Waals surface area contributed by atoms with Crippen LogP contribution < -0.4 is 10.2 Å². The van der Waals surface area contributed by atoms with E-state index in [1.165, 1.54) is 7.11 Å². The lowest BCUT2D eigenvalue weighted by atomic mass is 10.1. The van der Waals surface area contributed by atoms with E-state index in [9.17, 15) is 9.90 Å². The number of nitrogens with zero attached hydrogens (tertiary/aromatic N) is 3. The molecule has 1 aliphatic rings. The number of alkyl carbamates (subject to hydrolysis) is 1. The van der Waals surface area contributed by atoms with Gasteiger partial charge in [0.1, 0.15) is 11.6 Å². The van der Waals surface area contributed by atoms with E-state index >= 15 is 0 Å². The molecule has 1 aliphatic heterocycles. The topological polar surface area (TPSA) is 87.6 Å². The number of nitrogens with one attached hydrogen (secondary N) is 1. The van der Waals surface area contributed by atoms with E-state index in [1.54, 1.807) is 25.2 Å². The quantitative estimate of drug-likeness (QED) is 0.591. The maximum atomic E-state index is 11.6. The van der Waals surface area contributed by atoms with Gasteiger partial charge in [-0.05, 0) is 50.1 Å². The number of methoxy groups -OCH3 is 1. The van der Waals surface area contributed by atoms with Gasteiger partial charge in [-0.2, -0.15) is 0 Å². The maximum Gasteiger partial charge on any atom is 0.407 e. The van der Waals surface area contributed by atoms with Crippen LogP contribution in [0.5, 0.6) is 0 Å². The number of aryl methyl sites for hydroxylation is 1. The van der Waals surface area contributed by atoms with Gasteiger partial charge < -0.3 is 20.1 Å². The van der Waals surface area contributed by atoms with Crippen LogP contribution in [0, 0.1) is 6.92 Å². The minimum absolute atomic E-state index is 0.0199. The van der Waals surface area contributed by atoms with Gasteiger partial charge in [0, 0.05) is 18.5 Å². The van der Waals surface area contributed by atoms with E-state index in [0.717, 1.165) is 35.2 Å². The Morgan fingerprint density at radius 1 is 1.41 bits per heavy atom. The van der Waals surface area contributed by atoms with Crippen molar-refractivity contribution in [2.24, 2.45) is 0 Å². The SMILES string of the molecule is C=C/C=C(\C(O)=C/C)c1nc(N2CCC(NC(=O)OC)C2)c2ccc(C)cc2n1. The highest BCUT2D eigenvalue weighted by molar-refractivity contribution is 5.92. The Labute approximate surface area is 170 Å². The molecule has 1 fully saturated rings. The number of ether oxygens (including phenoxy) is 1. The van der Waals surface area contributed by atoms with Crippen LogP contribution in [0.2, 0.25) is 0 Å². The number of carbonyl (C=O) groups excluding carboxylic acids is 1. The second-order valence-corrected chi connectivity index (χ2v) is 6.95. The molecule has 7 heteroatoms. The highest BCUT2D eigenvalue weighted by Gasteiger charge is 2.27. The molecule has 3 rings (SSSR count). The zero-order valence-corrected chi connectivity index (χ0v) is 17.0. The van der Waals surface area contributed by atoms with Crippen LogP contribution in [0.1, 0.15) is 24.7 Å². The first-order valence-corrected chi connectivity index (χ1v) is 9.53. The predicted molar refractivity (Wildman–Crippen MR) is 115 cm³/mol. The van der Waals surface area contributed by atoms with Gasteiger partial charge in [-0.3, -0.25) is 0 Å². The first kappa shape index (κ1) is 20.4. The van der Waals surface area contributed by atoms with Gasteiger partial charge in [-0.1, -0.05) is 18.7 Å². The van der Waals surface area contributed by atoms with E-state index in [0.29, 0.717) is 17.9 Å². The molecule has 2 N–H and O–H groups in total. The summed E-state index contributed by atoms with van der Waals surface area (Å²) >= 11 is 0. The number of anilines is 1. The number of fused-ring (bicyclic) bond motifs is 1. The Bertz CT molecular complexity index is 997. The Balaban J connectivity index is 2.07. The Morgan fingerprint density at radius 2 is 2.21 bits per heavy atom. The van der Waals surface area contributed by atoms with E-state index in [1.807, 2.05) is 25.1 Å². The van der Waals surface area contributed by atoms with Crippen molar-refractivity contribution >= 4 is 28.4 Å². The maximum absolute atomic E-state index is 11.6. The van der Waals surface area contributed by atoms with Crippen molar-refractivity contribution in [1.29, 1.82) is 0 Å². The fourth-order valence-electron chi connectivity index (χ4n) is 3.43. The van der Waals surface area contributed by atoms with Gasteiger partial charge >= 0.3 is 6.09 Å². The number of aliphatic hydroxyl groups excluding tert-OH is 1. The molecule has 0 saturated carbocycles. The minimum Gasteiger partial charge on any atom is -0.508 e. The third-order valence-corrected chi connectivity index (χ3v) is 4.90. The second kappa shape index (κ2) is 8.77. The summed E-state index contributed by atoms with van der Waals surface area (Å²) in [6.07, 6.45) is 5.25. The average Bonchev–Trinajstić information content (AvgIpc) is 3.18. The summed E-state index contributed by atoms with van der Waals surface area (Å²) in [6, 6.07) is 6.02. The van der Waals surface area contributed by atoms with Crippen molar-refractivity contribution < 1.29 is 14.6 Å². The third-order valence-electron chi connectivity index (χ3n) is 4.90. The zero-order chi connectivity index (χ0) is 21.0. The molecule has 7 nitrogen and oxygen atoms in total. The van der Waals surface area contributed by atoms with Crippen LogP contribution in [-0.4, -0.2) is 47.4 Å². The van der Waals surface area contributed by atoms with Crippen LogP contribution >= 0.6 is 0 Å². The molecular formula is C22H26N4O3. The number of hydrogen-bond donors (Lipinski definition) is 2. The van der Waals surface area contributed by atoms with Crippen LogP contribution in [-0.2, 0) is 4.74 Å². The fraction of sp³-hybridized carbons (Fsp3) is 0.318. The monoisotopic (exact) mass is 394 g/mol. The summed E-state index contributed by atoms with van der Waals surface area (Å²) < 4.78 is 4.71. The third kappa shape index (κ3) is 4.39. The molecule has 0 radical (unpaired) electrons. The largest absolute Gasteiger partial charge is 0.508 e. The molecule has 0 bridgehead atoms. The first-order valence-electron chi connectivity index (χ1n) is 9.53. The molecular weight excluding hydrogens is 368 g/mol. The van der Waals surface area contributed by atoms with Crippen LogP contribution in [0.4, 0.5) is 10.6 Å². The zero-order valence-electron chi connectivity index (χ0n) is 17.0. The molecule has 1 amide bonds. The summed E-state index contributed by atoms with van der Waals surface area (Å²) in [7, 11) is 1.36. The Morgan fingerprint density at radius 3 is 2.90 bits per heavy atom. The molecule has 0 aliphatic carbocycles. The van der Waals surface area contributed by atoms with Crippen molar-refractivity contribution in [2.45, 2.75) is 26.3 Å². The molecule has 2 aromatic rings. The van der Waals surface area contributed by atoms with Crippen molar-refractivity contribution in [3.05, 3.63) is 60.2 Å². The molecule has 152 valence electrons. The van der Waals surface area contributed by atoms with E-state index < -0.39 is 6.09 Å². The average molecular weight is 394 g/mol. The van der Waals surface area contributed by atoms with Gasteiger partial charge in [0.25, 0.3) is 0 Å². The molecule has 0 spiro atoms. The lowest BCUT2D eigenvalue weighted by Gasteiger charge is -2.21. The first-order chi connectivity index (χ1) is 14.0. The Hall–Kier alpha value is -3.35. The van der Waals surface area contributed by atoms with E-state index in [2.05, 4.69) is 16.8 Å². The van der Waals surface area contributed by atoms with Gasteiger partial charge in [0.15, 0.2) is 5.82 Å². The lowest BCUT2D eigenvalue weighted by molar-refractivity contribution is 0.167. The molecule has 2 heterocycles. The van der Waals surface area contributed by atoms with Gasteiger partial charge in [-0.15, -0.1) is 0 Å². The van der Waals surface area contributed by atoms with Crippen LogP contribution in [0.25, 0.3) is 16.5 Å².